The average molecular weight is 1790 g/mol. The standard InChI is InChI=1S/C94H138N10O24/c1-60-17-13-12-14-18-61(2)78(113-8)55-72-25-20-66(7)94(112,128-72)87(108)90(109)103-31-16-15-19-74(103)91(110)125-79(56-75(105)62(3)50-65(6)85(115-10)86(116-11)84(107)64(5)49-60)63(4)51-67-22-26-77(80(53-67)114-9)127-93(111)97-30-34-118-36-38-120-40-42-122-44-46-124-48-47-123-45-43-121-41-39-119-37-35-117-33-29-81(106)102-32-28-69-52-68(21-23-71(69)58-102)57-104-89-82(88(95)98-59-99-89)83(101-104)70-24-27-76-73(54-70)100-92(96)126-76/h12-14,17-18,21,23-24,27,50,52,54,59-60,62-64,66-67,72,74-75,77-80,85-86,105,112H,15-16,19-20,22,25-26,28-49,51,53,55-58H2,1-11H3,(H2,96,100)(H,97,111)(H2,95,98,99)/b14-12+,17-13+,61-18+,65-50+/t60-,62-,63-,64-,66-,67+,72+,74+,75-,77-,78+,79+,80-,85-,86+,94-/m1/s1. The minimum Gasteiger partial charge on any atom is -0.460 e. The summed E-state index contributed by atoms with van der Waals surface area (Å²) in [6.07, 6.45) is 12.8. The van der Waals surface area contributed by atoms with Crippen molar-refractivity contribution in [3.63, 3.8) is 0 Å². The van der Waals surface area contributed by atoms with E-state index in [2.05, 4.69) is 38.5 Å². The van der Waals surface area contributed by atoms with Gasteiger partial charge in [0.25, 0.3) is 17.7 Å². The van der Waals surface area contributed by atoms with Gasteiger partial charge < -0.3 is 112 Å². The third-order valence-corrected chi connectivity index (χ3v) is 24.9. The molecule has 5 aromatic rings. The van der Waals surface area contributed by atoms with Gasteiger partial charge in [0.15, 0.2) is 17.0 Å². The summed E-state index contributed by atoms with van der Waals surface area (Å²) in [5.74, 6) is -7.11. The van der Waals surface area contributed by atoms with Crippen molar-refractivity contribution in [1.29, 1.82) is 0 Å². The van der Waals surface area contributed by atoms with Gasteiger partial charge in [-0.15, -0.1) is 0 Å². The van der Waals surface area contributed by atoms with E-state index in [9.17, 15) is 39.0 Å². The Kier molecular flexibility index (Phi) is 41.2. The molecule has 2 aromatic carbocycles. The molecule has 7 heterocycles. The first-order chi connectivity index (χ1) is 61.8. The monoisotopic (exact) mass is 1790 g/mol. The molecule has 3 amide bonds. The van der Waals surface area contributed by atoms with Crippen LogP contribution in [0, 0.1) is 35.5 Å². The van der Waals surface area contributed by atoms with Crippen molar-refractivity contribution in [3.05, 3.63) is 107 Å². The molecular weight excluding hydrogens is 1650 g/mol. The van der Waals surface area contributed by atoms with Gasteiger partial charge in [-0.05, 0) is 148 Å². The number of methoxy groups -OCH3 is 4. The topological polar surface area (TPSA) is 422 Å². The van der Waals surface area contributed by atoms with Crippen LogP contribution in [-0.2, 0) is 115 Å². The maximum Gasteiger partial charge on any atom is 0.407 e. The van der Waals surface area contributed by atoms with Crippen molar-refractivity contribution in [2.45, 2.75) is 212 Å². The fourth-order valence-electron chi connectivity index (χ4n) is 17.6. The Labute approximate surface area is 751 Å². The summed E-state index contributed by atoms with van der Waals surface area (Å²) in [5, 5.41) is 32.7. The number of ether oxygens (including phenoxy) is 15. The molecule has 0 spiro atoms. The van der Waals surface area contributed by atoms with E-state index in [1.807, 2.05) is 99.7 Å². The maximum atomic E-state index is 14.8. The summed E-state index contributed by atoms with van der Waals surface area (Å²) in [5.41, 5.74) is 20.3. The molecule has 708 valence electrons. The zero-order valence-corrected chi connectivity index (χ0v) is 76.6. The van der Waals surface area contributed by atoms with Crippen molar-refractivity contribution in [1.82, 2.24) is 39.8 Å². The number of aliphatic hydroxyl groups is 2. The molecule has 1 saturated carbocycles. The molecule has 10 rings (SSSR count). The average Bonchev–Trinajstić information content (AvgIpc) is 1.36. The van der Waals surface area contributed by atoms with Gasteiger partial charge in [0.2, 0.25) is 11.7 Å². The van der Waals surface area contributed by atoms with Crippen LogP contribution in [0.5, 0.6) is 0 Å². The normalized spacial score (nSPS) is 27.4. The van der Waals surface area contributed by atoms with Crippen LogP contribution in [0.25, 0.3) is 33.4 Å². The number of aliphatic hydroxyl groups excluding tert-OH is 1. The number of anilines is 2. The molecule has 2 bridgehead atoms. The van der Waals surface area contributed by atoms with Gasteiger partial charge in [-0.3, -0.25) is 19.2 Å². The summed E-state index contributed by atoms with van der Waals surface area (Å²) in [6.45, 7) is 20.9. The lowest BCUT2D eigenvalue weighted by Crippen LogP contribution is -2.61. The van der Waals surface area contributed by atoms with Crippen LogP contribution in [0.1, 0.15) is 149 Å². The van der Waals surface area contributed by atoms with Gasteiger partial charge in [0.05, 0.1) is 148 Å². The number of nitrogens with zero attached hydrogens (tertiary/aromatic N) is 7. The van der Waals surface area contributed by atoms with Crippen LogP contribution >= 0.6 is 0 Å². The second-order valence-electron chi connectivity index (χ2n) is 34.3. The van der Waals surface area contributed by atoms with Crippen molar-refractivity contribution >= 4 is 69.4 Å². The van der Waals surface area contributed by atoms with Crippen LogP contribution in [0.4, 0.5) is 16.6 Å². The number of piperidine rings is 1. The Balaban J connectivity index is 0.556. The summed E-state index contributed by atoms with van der Waals surface area (Å²) < 4.78 is 94.8. The molecule has 16 atom stereocenters. The Hall–Kier alpha value is -8.56. The SMILES string of the molecule is CO[C@H]1C[C@@H]2CC[C@@H](C)[C@@](O)(O2)C(=O)C(=O)N2CCCC[C@H]2C(=O)O[C@H]([C@H](C)C[C@@H]2CC[C@@H](OC(=O)NCCOCCOCCOCCOCCOCCOCCOCCOCCC(=O)N3CCc4cc(Cn5nc(-c6ccc7oc(N)nc7c6)c6c(N)ncnc65)ccc4C3)[C@H](OC)C2)C[C@@H](O)[C@H](C)/C=C(\C)[C@@H](OC)[C@@H](OC)C(=O)[C@H](C)C[C@H](C)/C=C/C=C/C=C/1C. The number of carbonyl (C=O) groups excluding carboxylic acids is 6. The number of aromatic nitrogens is 5. The maximum absolute atomic E-state index is 14.8. The van der Waals surface area contributed by atoms with E-state index in [0.717, 1.165) is 28.7 Å². The molecule has 5 aliphatic rings. The van der Waals surface area contributed by atoms with Crippen LogP contribution in [0.3, 0.4) is 0 Å². The molecular formula is C94H138N10O24. The second kappa shape index (κ2) is 51.9. The number of nitrogen functional groups attached to an aromatic ring is 2. The number of carbonyl (C=O) groups is 6. The number of amides is 3. The lowest BCUT2D eigenvalue weighted by Gasteiger charge is -2.43. The van der Waals surface area contributed by atoms with E-state index >= 15 is 0 Å². The van der Waals surface area contributed by atoms with E-state index in [0.29, 0.717) is 222 Å². The van der Waals surface area contributed by atoms with Crippen molar-refractivity contribution in [3.8, 4) is 11.3 Å². The highest BCUT2D eigenvalue weighted by Crippen LogP contribution is 2.40. The van der Waals surface area contributed by atoms with Gasteiger partial charge >= 0.3 is 12.1 Å². The van der Waals surface area contributed by atoms with E-state index in [1.54, 1.807) is 27.2 Å². The first-order valence-corrected chi connectivity index (χ1v) is 45.4. The number of nitrogens with one attached hydrogen (secondary N) is 1. The van der Waals surface area contributed by atoms with Gasteiger partial charge in [0, 0.05) is 90.8 Å². The molecule has 3 fully saturated rings. The highest BCUT2D eigenvalue weighted by atomic mass is 16.6. The summed E-state index contributed by atoms with van der Waals surface area (Å²) in [7, 11) is 6.16. The number of allylic oxidation sites excluding steroid dienone is 5. The van der Waals surface area contributed by atoms with Gasteiger partial charge in [-0.1, -0.05) is 89.3 Å². The largest absolute Gasteiger partial charge is 0.460 e. The Bertz CT molecular complexity index is 4480. The number of cyclic esters (lactones) is 1. The third-order valence-electron chi connectivity index (χ3n) is 24.9. The molecule has 0 unspecified atom stereocenters. The molecule has 1 aliphatic carbocycles. The van der Waals surface area contributed by atoms with E-state index in [-0.39, 0.29) is 80.3 Å². The first-order valence-electron chi connectivity index (χ1n) is 45.4. The van der Waals surface area contributed by atoms with Crippen molar-refractivity contribution < 1.29 is 114 Å². The third kappa shape index (κ3) is 29.5. The Morgan fingerprint density at radius 3 is 2.02 bits per heavy atom. The van der Waals surface area contributed by atoms with E-state index in [1.165, 1.54) is 31.0 Å². The highest BCUT2D eigenvalue weighted by molar-refractivity contribution is 6.39. The molecule has 2 saturated heterocycles. The van der Waals surface area contributed by atoms with Crippen molar-refractivity contribution in [2.24, 2.45) is 35.5 Å². The van der Waals surface area contributed by atoms with Crippen molar-refractivity contribution in [2.75, 3.05) is 165 Å². The minimum atomic E-state index is -2.46. The lowest BCUT2D eigenvalue weighted by molar-refractivity contribution is -0.265. The van der Waals surface area contributed by atoms with Gasteiger partial charge in [0.1, 0.15) is 53.8 Å². The molecule has 7 N–H and O–H groups in total. The molecule has 128 heavy (non-hydrogen) atoms. The van der Waals surface area contributed by atoms with Gasteiger partial charge in [-0.2, -0.15) is 10.1 Å². The Morgan fingerprint density at radius 2 is 1.36 bits per heavy atom. The Morgan fingerprint density at radius 1 is 0.688 bits per heavy atom. The number of fused-ring (bicyclic) bond motifs is 6. The predicted molar refractivity (Wildman–Crippen MR) is 476 cm³/mol. The quantitative estimate of drug-likeness (QED) is 0.0106. The van der Waals surface area contributed by atoms with Crippen LogP contribution < -0.4 is 16.8 Å². The van der Waals surface area contributed by atoms with Crippen LogP contribution in [0.15, 0.2) is 94.7 Å². The fraction of sp³-hybridized carbons (Fsp3) is 0.660. The minimum absolute atomic E-state index is 0.00960. The summed E-state index contributed by atoms with van der Waals surface area (Å²) in [6, 6.07) is 10.8. The molecule has 0 radical (unpaired) electrons. The van der Waals surface area contributed by atoms with Crippen LogP contribution in [0.2, 0.25) is 0 Å². The number of ketones is 2. The number of oxazole rings is 1. The first kappa shape index (κ1) is 102. The zero-order valence-electron chi connectivity index (χ0n) is 76.6. The zero-order chi connectivity index (χ0) is 91.7. The molecule has 3 aromatic heterocycles. The number of esters is 1. The highest BCUT2D eigenvalue weighted by Gasteiger charge is 2.53. The van der Waals surface area contributed by atoms with E-state index < -0.39 is 96.2 Å². The predicted octanol–water partition coefficient (Wildman–Crippen LogP) is 9.63. The number of hydrogen-bond acceptors (Lipinski definition) is 30. The van der Waals surface area contributed by atoms with Crippen LogP contribution in [-0.4, -0.2) is 295 Å². The number of benzene rings is 2. The van der Waals surface area contributed by atoms with E-state index in [4.69, 9.17) is 92.0 Å². The molecule has 4 aliphatic heterocycles. The number of nitrogens with two attached hydrogens (primary N) is 2. The fourth-order valence-corrected chi connectivity index (χ4v) is 17.6. The lowest BCUT2D eigenvalue weighted by atomic mass is 9.78. The smallest absolute Gasteiger partial charge is 0.407 e. The second-order valence-corrected chi connectivity index (χ2v) is 34.3. The summed E-state index contributed by atoms with van der Waals surface area (Å²) in [4.78, 5) is 101. The number of rotatable bonds is 38. The summed E-state index contributed by atoms with van der Waals surface area (Å²) >= 11 is 0. The number of Topliss-reactive ketones (excluding diaryl/α,β-unsaturated/α-hetero) is 2. The van der Waals surface area contributed by atoms with Gasteiger partial charge in [-0.25, -0.2) is 24.2 Å². The molecule has 34 nitrogen and oxygen atoms in total. The number of hydrogen-bond donors (Lipinski definition) is 5. The number of alkyl carbamates (subject to hydrolysis) is 1. The molecule has 34 heteroatoms.